The first-order valence-corrected chi connectivity index (χ1v) is 10.2. The maximum absolute atomic E-state index is 14.0. The number of carbonyl (C=O) groups excluding carboxylic acids is 1. The van der Waals surface area contributed by atoms with Gasteiger partial charge in [-0.1, -0.05) is 61.0 Å². The maximum Gasteiger partial charge on any atom is 0.418 e. The Hall–Kier alpha value is -2.54. The van der Waals surface area contributed by atoms with E-state index in [0.717, 1.165) is 0 Å². The van der Waals surface area contributed by atoms with Crippen LogP contribution in [0.4, 0.5) is 18.0 Å². The molecular formula is C24H30F3NO3. The van der Waals surface area contributed by atoms with Crippen molar-refractivity contribution < 1.29 is 27.4 Å². The zero-order chi connectivity index (χ0) is 23.2. The fourth-order valence-electron chi connectivity index (χ4n) is 3.20. The summed E-state index contributed by atoms with van der Waals surface area (Å²) in [4.78, 5) is 12.3. The molecule has 0 saturated carbocycles. The summed E-state index contributed by atoms with van der Waals surface area (Å²) in [6, 6.07) is 12.9. The van der Waals surface area contributed by atoms with Crippen LogP contribution >= 0.6 is 0 Å². The molecule has 0 saturated heterocycles. The second-order valence-corrected chi connectivity index (χ2v) is 8.46. The van der Waals surface area contributed by atoms with Gasteiger partial charge in [-0.25, -0.2) is 4.79 Å². The molecule has 2 aromatic rings. The minimum atomic E-state index is -4.62. The smallest absolute Gasteiger partial charge is 0.418 e. The molecule has 0 aliphatic carbocycles. The molecule has 0 aliphatic heterocycles. The number of benzene rings is 2. The van der Waals surface area contributed by atoms with Crippen LogP contribution in [0.1, 0.15) is 68.5 Å². The SMILES string of the molecule is CCC(NC(=O)OC(C)(C)C)c1ccc(C)cc1C(OCc1ccccc1)C(F)(F)F. The monoisotopic (exact) mass is 437 g/mol. The highest BCUT2D eigenvalue weighted by molar-refractivity contribution is 5.68. The van der Waals surface area contributed by atoms with Crippen molar-refractivity contribution >= 4 is 6.09 Å². The summed E-state index contributed by atoms with van der Waals surface area (Å²) in [6.45, 7) is 8.50. The third kappa shape index (κ3) is 7.58. The number of halogens is 3. The predicted octanol–water partition coefficient (Wildman–Crippen LogP) is 6.79. The lowest BCUT2D eigenvalue weighted by molar-refractivity contribution is -0.227. The lowest BCUT2D eigenvalue weighted by Gasteiger charge is -2.28. The number of rotatable bonds is 7. The highest BCUT2D eigenvalue weighted by atomic mass is 19.4. The van der Waals surface area contributed by atoms with Gasteiger partial charge in [-0.05, 0) is 50.8 Å². The molecule has 1 amide bonds. The normalized spacial score (nSPS) is 14.1. The lowest BCUT2D eigenvalue weighted by atomic mass is 9.93. The molecule has 2 rings (SSSR count). The maximum atomic E-state index is 14.0. The van der Waals surface area contributed by atoms with Crippen LogP contribution in [0.25, 0.3) is 0 Å². The Morgan fingerprint density at radius 1 is 1.03 bits per heavy atom. The van der Waals surface area contributed by atoms with Crippen molar-refractivity contribution in [3.8, 4) is 0 Å². The fourth-order valence-corrected chi connectivity index (χ4v) is 3.20. The molecule has 2 atom stereocenters. The minimum absolute atomic E-state index is 0.00802. The van der Waals surface area contributed by atoms with E-state index in [-0.39, 0.29) is 12.2 Å². The van der Waals surface area contributed by atoms with Gasteiger partial charge in [0.15, 0.2) is 6.10 Å². The number of hydrogen-bond donors (Lipinski definition) is 1. The Bertz CT molecular complexity index is 861. The number of nitrogens with one attached hydrogen (secondary N) is 1. The largest absolute Gasteiger partial charge is 0.444 e. The van der Waals surface area contributed by atoms with Crippen molar-refractivity contribution in [2.24, 2.45) is 0 Å². The van der Waals surface area contributed by atoms with Gasteiger partial charge in [0.1, 0.15) is 5.60 Å². The number of ether oxygens (including phenoxy) is 2. The van der Waals surface area contributed by atoms with E-state index in [1.165, 1.54) is 6.07 Å². The molecule has 0 heterocycles. The summed E-state index contributed by atoms with van der Waals surface area (Å²) in [5.74, 6) is 0. The summed E-state index contributed by atoms with van der Waals surface area (Å²) in [6.07, 6.45) is -7.04. The van der Waals surface area contributed by atoms with E-state index in [0.29, 0.717) is 23.1 Å². The molecule has 1 N–H and O–H groups in total. The van der Waals surface area contributed by atoms with Gasteiger partial charge >= 0.3 is 12.3 Å². The second kappa shape index (κ2) is 10.2. The number of alkyl carbamates (subject to hydrolysis) is 1. The van der Waals surface area contributed by atoms with Crippen molar-refractivity contribution in [1.82, 2.24) is 5.32 Å². The molecule has 2 aromatic carbocycles. The number of aryl methyl sites for hydroxylation is 1. The van der Waals surface area contributed by atoms with E-state index in [2.05, 4.69) is 5.32 Å². The standard InChI is InChI=1S/C24H30F3NO3/c1-6-20(28-22(29)31-23(3,4)5)18-13-12-16(2)14-19(18)21(24(25,26)27)30-15-17-10-8-7-9-11-17/h7-14,20-21H,6,15H2,1-5H3,(H,28,29). The number of alkyl halides is 3. The molecule has 0 fully saturated rings. The van der Waals surface area contributed by atoms with Gasteiger partial charge in [0.25, 0.3) is 0 Å². The first-order valence-electron chi connectivity index (χ1n) is 10.2. The van der Waals surface area contributed by atoms with Crippen LogP contribution in [0.3, 0.4) is 0 Å². The van der Waals surface area contributed by atoms with E-state index < -0.39 is 30.0 Å². The van der Waals surface area contributed by atoms with Gasteiger partial charge in [-0.3, -0.25) is 0 Å². The molecule has 2 unspecified atom stereocenters. The Morgan fingerprint density at radius 2 is 1.68 bits per heavy atom. The summed E-state index contributed by atoms with van der Waals surface area (Å²) in [7, 11) is 0. The zero-order valence-electron chi connectivity index (χ0n) is 18.5. The second-order valence-electron chi connectivity index (χ2n) is 8.46. The summed E-state index contributed by atoms with van der Waals surface area (Å²) in [5.41, 5.74) is 0.945. The first-order chi connectivity index (χ1) is 14.4. The van der Waals surface area contributed by atoms with Gasteiger partial charge < -0.3 is 14.8 Å². The quantitative estimate of drug-likeness (QED) is 0.519. The van der Waals surface area contributed by atoms with Crippen LogP contribution in [0, 0.1) is 6.92 Å². The Morgan fingerprint density at radius 3 is 2.23 bits per heavy atom. The fraction of sp³-hybridized carbons (Fsp3) is 0.458. The average molecular weight is 438 g/mol. The van der Waals surface area contributed by atoms with Gasteiger partial charge in [0.05, 0.1) is 12.6 Å². The van der Waals surface area contributed by atoms with Crippen LogP contribution in [-0.2, 0) is 16.1 Å². The molecule has 0 aliphatic rings. The van der Waals surface area contributed by atoms with Crippen molar-refractivity contribution in [3.05, 3.63) is 70.8 Å². The summed E-state index contributed by atoms with van der Waals surface area (Å²) < 4.78 is 52.8. The van der Waals surface area contributed by atoms with E-state index in [4.69, 9.17) is 9.47 Å². The molecular weight excluding hydrogens is 407 g/mol. The van der Waals surface area contributed by atoms with Crippen molar-refractivity contribution in [2.75, 3.05) is 0 Å². The predicted molar refractivity (Wildman–Crippen MR) is 114 cm³/mol. The minimum Gasteiger partial charge on any atom is -0.444 e. The Labute approximate surface area is 181 Å². The van der Waals surface area contributed by atoms with Gasteiger partial charge in [0.2, 0.25) is 0 Å². The van der Waals surface area contributed by atoms with Crippen molar-refractivity contribution in [2.45, 2.75) is 71.6 Å². The summed E-state index contributed by atoms with van der Waals surface area (Å²) in [5, 5.41) is 2.70. The van der Waals surface area contributed by atoms with Gasteiger partial charge in [-0.2, -0.15) is 13.2 Å². The molecule has 4 nitrogen and oxygen atoms in total. The van der Waals surface area contributed by atoms with Crippen LogP contribution in [0.5, 0.6) is 0 Å². The third-order valence-electron chi connectivity index (χ3n) is 4.56. The van der Waals surface area contributed by atoms with Gasteiger partial charge in [-0.15, -0.1) is 0 Å². The average Bonchev–Trinajstić information content (AvgIpc) is 2.65. The molecule has 0 radical (unpaired) electrons. The Kier molecular flexibility index (Phi) is 8.12. The number of carbonyl (C=O) groups is 1. The molecule has 0 spiro atoms. The first kappa shape index (κ1) is 24.7. The highest BCUT2D eigenvalue weighted by Gasteiger charge is 2.43. The molecule has 7 heteroatoms. The highest BCUT2D eigenvalue weighted by Crippen LogP contribution is 2.40. The van der Waals surface area contributed by atoms with E-state index in [1.807, 2.05) is 0 Å². The molecule has 31 heavy (non-hydrogen) atoms. The van der Waals surface area contributed by atoms with Gasteiger partial charge in [0, 0.05) is 0 Å². The van der Waals surface area contributed by atoms with E-state index >= 15 is 0 Å². The lowest BCUT2D eigenvalue weighted by Crippen LogP contribution is -2.35. The van der Waals surface area contributed by atoms with Crippen LogP contribution in [0.2, 0.25) is 0 Å². The molecule has 170 valence electrons. The number of amides is 1. The van der Waals surface area contributed by atoms with Crippen LogP contribution in [0.15, 0.2) is 48.5 Å². The number of hydrogen-bond acceptors (Lipinski definition) is 3. The van der Waals surface area contributed by atoms with Crippen molar-refractivity contribution in [3.63, 3.8) is 0 Å². The molecule has 0 aromatic heterocycles. The Balaban J connectivity index is 2.37. The third-order valence-corrected chi connectivity index (χ3v) is 4.56. The summed E-state index contributed by atoms with van der Waals surface area (Å²) >= 11 is 0. The van der Waals surface area contributed by atoms with E-state index in [9.17, 15) is 18.0 Å². The van der Waals surface area contributed by atoms with Crippen molar-refractivity contribution in [1.29, 1.82) is 0 Å². The van der Waals surface area contributed by atoms with Crippen LogP contribution in [-0.4, -0.2) is 17.9 Å². The zero-order valence-corrected chi connectivity index (χ0v) is 18.5. The van der Waals surface area contributed by atoms with E-state index in [1.54, 1.807) is 77.1 Å². The van der Waals surface area contributed by atoms with Crippen LogP contribution < -0.4 is 5.32 Å². The molecule has 0 bridgehead atoms. The topological polar surface area (TPSA) is 47.6 Å².